The lowest BCUT2D eigenvalue weighted by atomic mass is 10.1. The third-order valence-electron chi connectivity index (χ3n) is 1.15. The van der Waals surface area contributed by atoms with Crippen molar-refractivity contribution in [1.82, 2.24) is 0 Å². The molecule has 3 heteroatoms. The summed E-state index contributed by atoms with van der Waals surface area (Å²) in [6.07, 6.45) is 1.50. The highest BCUT2D eigenvalue weighted by Crippen LogP contribution is 2.12. The van der Waals surface area contributed by atoms with Crippen LogP contribution < -0.4 is 0 Å². The zero-order valence-corrected chi connectivity index (χ0v) is 7.47. The monoisotopic (exact) mass is 208 g/mol. The van der Waals surface area contributed by atoms with E-state index in [-0.39, 0.29) is 12.7 Å². The lowest BCUT2D eigenvalue weighted by Crippen LogP contribution is -2.06. The largest absolute Gasteiger partial charge is 0.396 e. The lowest BCUT2D eigenvalue weighted by molar-refractivity contribution is 0.152. The predicted octanol–water partition coefficient (Wildman–Crippen LogP) is 1.42. The fourth-order valence-corrected chi connectivity index (χ4v) is 1.06. The molecule has 0 aromatic rings. The van der Waals surface area contributed by atoms with Crippen molar-refractivity contribution in [3.8, 4) is 0 Å². The second-order valence-corrected chi connectivity index (χ2v) is 3.36. The second-order valence-electron chi connectivity index (χ2n) is 2.24. The van der Waals surface area contributed by atoms with Crippen LogP contribution in [0.3, 0.4) is 0 Å². The van der Waals surface area contributed by atoms with Crippen LogP contribution in [0.4, 0.5) is 0 Å². The molecule has 0 aliphatic heterocycles. The Hall–Kier alpha value is 0.140. The molecule has 0 heterocycles. The van der Waals surface area contributed by atoms with Gasteiger partial charge in [-0.15, -0.1) is 0 Å². The zero-order valence-electron chi connectivity index (χ0n) is 5.89. The summed E-state index contributed by atoms with van der Waals surface area (Å²) in [7, 11) is 0. The van der Waals surface area contributed by atoms with Gasteiger partial charge in [-0.2, -0.15) is 0 Å². The molecule has 0 rings (SSSR count). The Labute approximate surface area is 69.7 Å². The zero-order chi connectivity index (χ0) is 7.98. The van der Waals surface area contributed by atoms with Crippen molar-refractivity contribution in [2.75, 3.05) is 6.61 Å². The van der Waals surface area contributed by atoms with Crippen molar-refractivity contribution in [1.29, 1.82) is 0 Å². The predicted molar refractivity (Wildman–Crippen MR) is 45.0 cm³/mol. The van der Waals surface area contributed by atoms with Gasteiger partial charge >= 0.3 is 0 Å². The maximum atomic E-state index is 9.15. The molecular formula is C7H13BrO2. The number of hydrogen-bond acceptors (Lipinski definition) is 2. The summed E-state index contributed by atoms with van der Waals surface area (Å²) in [6.45, 7) is 3.74. The minimum atomic E-state index is -0.362. The van der Waals surface area contributed by atoms with Crippen LogP contribution in [0.5, 0.6) is 0 Å². The molecule has 0 saturated heterocycles. The Morgan fingerprint density at radius 1 is 1.60 bits per heavy atom. The first-order valence-corrected chi connectivity index (χ1v) is 4.08. The highest BCUT2D eigenvalue weighted by molar-refractivity contribution is 9.11. The molecule has 0 radical (unpaired) electrons. The van der Waals surface area contributed by atoms with Crippen LogP contribution in [0.1, 0.15) is 19.3 Å². The van der Waals surface area contributed by atoms with E-state index in [9.17, 15) is 0 Å². The molecule has 0 fully saturated rings. The van der Waals surface area contributed by atoms with Crippen LogP contribution in [-0.2, 0) is 0 Å². The van der Waals surface area contributed by atoms with Crippen molar-refractivity contribution >= 4 is 15.9 Å². The summed E-state index contributed by atoms with van der Waals surface area (Å²) in [5, 5.41) is 17.6. The van der Waals surface area contributed by atoms with Gasteiger partial charge in [0, 0.05) is 13.0 Å². The minimum Gasteiger partial charge on any atom is -0.396 e. The maximum Gasteiger partial charge on any atom is 0.0586 e. The molecule has 60 valence electrons. The molecule has 2 nitrogen and oxygen atoms in total. The van der Waals surface area contributed by atoms with Crippen LogP contribution in [0.15, 0.2) is 11.1 Å². The van der Waals surface area contributed by atoms with Crippen LogP contribution in [0, 0.1) is 0 Å². The van der Waals surface area contributed by atoms with Crippen LogP contribution in [0.2, 0.25) is 0 Å². The van der Waals surface area contributed by atoms with E-state index in [2.05, 4.69) is 22.5 Å². The summed E-state index contributed by atoms with van der Waals surface area (Å²) in [6, 6.07) is 0. The van der Waals surface area contributed by atoms with Gasteiger partial charge in [-0.3, -0.25) is 0 Å². The Morgan fingerprint density at radius 2 is 2.20 bits per heavy atom. The van der Waals surface area contributed by atoms with E-state index in [0.717, 1.165) is 4.48 Å². The molecular weight excluding hydrogens is 196 g/mol. The normalized spacial score (nSPS) is 13.1. The van der Waals surface area contributed by atoms with E-state index in [0.29, 0.717) is 19.3 Å². The van der Waals surface area contributed by atoms with Gasteiger partial charge in [0.15, 0.2) is 0 Å². The Bertz CT molecular complexity index is 104. The number of hydrogen-bond donors (Lipinski definition) is 2. The Balaban J connectivity index is 3.25. The number of aliphatic hydroxyl groups excluding tert-OH is 2. The summed E-state index contributed by atoms with van der Waals surface area (Å²) in [4.78, 5) is 0. The average Bonchev–Trinajstić information content (AvgIpc) is 1.82. The van der Waals surface area contributed by atoms with Gasteiger partial charge in [-0.05, 0) is 17.3 Å². The van der Waals surface area contributed by atoms with Gasteiger partial charge < -0.3 is 10.2 Å². The molecule has 10 heavy (non-hydrogen) atoms. The van der Waals surface area contributed by atoms with E-state index in [1.54, 1.807) is 0 Å². The molecule has 1 unspecified atom stereocenters. The molecule has 0 aromatic heterocycles. The highest BCUT2D eigenvalue weighted by Gasteiger charge is 2.03. The maximum absolute atomic E-state index is 9.15. The number of aliphatic hydroxyl groups is 2. The highest BCUT2D eigenvalue weighted by atomic mass is 79.9. The summed E-state index contributed by atoms with van der Waals surface area (Å²) in [5.74, 6) is 0. The van der Waals surface area contributed by atoms with Gasteiger partial charge in [0.25, 0.3) is 0 Å². The number of rotatable bonds is 5. The lowest BCUT2D eigenvalue weighted by Gasteiger charge is -2.06. The summed E-state index contributed by atoms with van der Waals surface area (Å²) < 4.78 is 0.804. The third-order valence-corrected chi connectivity index (χ3v) is 1.48. The fraction of sp³-hybridized carbons (Fsp3) is 0.714. The SMILES string of the molecule is C=C(Br)CC(O)CCCO. The van der Waals surface area contributed by atoms with Crippen molar-refractivity contribution in [3.05, 3.63) is 11.1 Å². The van der Waals surface area contributed by atoms with Crippen molar-refractivity contribution in [2.45, 2.75) is 25.4 Å². The van der Waals surface area contributed by atoms with E-state index >= 15 is 0 Å². The minimum absolute atomic E-state index is 0.145. The third kappa shape index (κ3) is 6.26. The van der Waals surface area contributed by atoms with Gasteiger partial charge in [0.1, 0.15) is 0 Å². The molecule has 0 spiro atoms. The van der Waals surface area contributed by atoms with Gasteiger partial charge in [-0.1, -0.05) is 22.5 Å². The molecule has 0 aliphatic rings. The van der Waals surface area contributed by atoms with E-state index < -0.39 is 0 Å². The van der Waals surface area contributed by atoms with Crippen LogP contribution in [-0.4, -0.2) is 22.9 Å². The van der Waals surface area contributed by atoms with E-state index in [4.69, 9.17) is 10.2 Å². The summed E-state index contributed by atoms with van der Waals surface area (Å²) >= 11 is 3.15. The molecule has 1 atom stereocenters. The Kier molecular flexibility index (Phi) is 5.97. The van der Waals surface area contributed by atoms with E-state index in [1.807, 2.05) is 0 Å². The van der Waals surface area contributed by atoms with Gasteiger partial charge in [-0.25, -0.2) is 0 Å². The molecule has 0 aromatic carbocycles. The fourth-order valence-electron chi connectivity index (χ4n) is 0.685. The first-order valence-electron chi connectivity index (χ1n) is 3.29. The first kappa shape index (κ1) is 10.1. The van der Waals surface area contributed by atoms with Crippen molar-refractivity contribution < 1.29 is 10.2 Å². The van der Waals surface area contributed by atoms with Gasteiger partial charge in [0.2, 0.25) is 0 Å². The smallest absolute Gasteiger partial charge is 0.0586 e. The second kappa shape index (κ2) is 5.89. The molecule has 0 aliphatic carbocycles. The molecule has 0 bridgehead atoms. The average molecular weight is 209 g/mol. The number of halogens is 1. The molecule has 0 amide bonds. The van der Waals surface area contributed by atoms with Crippen LogP contribution >= 0.6 is 15.9 Å². The molecule has 0 saturated carbocycles. The molecule has 2 N–H and O–H groups in total. The summed E-state index contributed by atoms with van der Waals surface area (Å²) in [5.41, 5.74) is 0. The van der Waals surface area contributed by atoms with Crippen LogP contribution in [0.25, 0.3) is 0 Å². The Morgan fingerprint density at radius 3 is 2.60 bits per heavy atom. The van der Waals surface area contributed by atoms with Crippen molar-refractivity contribution in [3.63, 3.8) is 0 Å². The standard InChI is InChI=1S/C7H13BrO2/c1-6(8)5-7(10)3-2-4-9/h7,9-10H,1-5H2. The first-order chi connectivity index (χ1) is 4.66. The van der Waals surface area contributed by atoms with Crippen molar-refractivity contribution in [2.24, 2.45) is 0 Å². The quantitative estimate of drug-likeness (QED) is 0.718. The topological polar surface area (TPSA) is 40.5 Å². The van der Waals surface area contributed by atoms with Gasteiger partial charge in [0.05, 0.1) is 6.10 Å². The van der Waals surface area contributed by atoms with E-state index in [1.165, 1.54) is 0 Å².